The second-order valence-corrected chi connectivity index (χ2v) is 17.2. The molecular weight excluding hydrogens is 546 g/mol. The Bertz CT molecular complexity index is 1250. The molecule has 3 aromatic carbocycles. The van der Waals surface area contributed by atoms with Gasteiger partial charge in [-0.1, -0.05) is 0 Å². The predicted molar refractivity (Wildman–Crippen MR) is 139 cm³/mol. The zero-order valence-corrected chi connectivity index (χ0v) is 25.2. The van der Waals surface area contributed by atoms with E-state index in [1.165, 1.54) is 28.7 Å². The van der Waals surface area contributed by atoms with Crippen LogP contribution in [0.4, 0.5) is 0 Å². The Labute approximate surface area is 231 Å². The van der Waals surface area contributed by atoms with Crippen molar-refractivity contribution in [3.63, 3.8) is 0 Å². The topological polar surface area (TPSA) is 0 Å². The summed E-state index contributed by atoms with van der Waals surface area (Å²) in [6.45, 7) is 11.9. The molecule has 35 heavy (non-hydrogen) atoms. The number of hydrogen-bond acceptors (Lipinski definition) is 0. The number of fused-ring (bicyclic) bond motifs is 3. The number of allylic oxidation sites excluding steroid dienone is 4. The van der Waals surface area contributed by atoms with Crippen molar-refractivity contribution in [1.82, 2.24) is 0 Å². The summed E-state index contributed by atoms with van der Waals surface area (Å²) in [5, 5.41) is 0. The third-order valence-electron chi connectivity index (χ3n) is 7.44. The molecule has 0 nitrogen and oxygen atoms in total. The molecule has 1 atom stereocenters. The largest absolute Gasteiger partial charge is 1.00 e. The summed E-state index contributed by atoms with van der Waals surface area (Å²) in [7, 11) is 0. The molecule has 2 aliphatic rings. The number of halogens is 2. The molecule has 2 aliphatic carbocycles. The molecule has 0 radical (unpaired) electrons. The fourth-order valence-corrected chi connectivity index (χ4v) is 15.0. The molecule has 1 unspecified atom stereocenters. The molecule has 0 saturated carbocycles. The van der Waals surface area contributed by atoms with E-state index >= 15 is 0 Å². The van der Waals surface area contributed by atoms with Gasteiger partial charge in [0, 0.05) is 0 Å². The van der Waals surface area contributed by atoms with Crippen molar-refractivity contribution < 1.29 is 46.1 Å². The molecule has 0 bridgehead atoms. The van der Waals surface area contributed by atoms with Gasteiger partial charge in [-0.3, -0.25) is 0 Å². The van der Waals surface area contributed by atoms with Crippen LogP contribution in [-0.4, -0.2) is 3.21 Å². The molecule has 0 aromatic heterocycles. The first-order valence-electron chi connectivity index (χ1n) is 12.3. The van der Waals surface area contributed by atoms with Crippen LogP contribution >= 0.6 is 0 Å². The van der Waals surface area contributed by atoms with Crippen LogP contribution < -0.4 is 24.8 Å². The van der Waals surface area contributed by atoms with Crippen LogP contribution in [0, 0.1) is 11.3 Å². The monoisotopic (exact) mass is 578 g/mol. The molecule has 0 N–H and O–H groups in total. The SMILES string of the molecule is CCC1C=C(C(C)(C)C)C=[C]1/[Zr+2](=[C](/C)c1ccccc1)[CH]1c2ccccc2-c2ccccc21.[Cl-].[Cl-]. The molecule has 0 spiro atoms. The minimum Gasteiger partial charge on any atom is -1.00 e. The zero-order chi connectivity index (χ0) is 23.2. The molecule has 0 amide bonds. The Morgan fingerprint density at radius 2 is 1.29 bits per heavy atom. The van der Waals surface area contributed by atoms with Crippen LogP contribution in [0.1, 0.15) is 61.4 Å². The second-order valence-electron chi connectivity index (χ2n) is 10.5. The van der Waals surface area contributed by atoms with Gasteiger partial charge in [0.25, 0.3) is 0 Å². The Hall–Kier alpha value is -1.53. The Kier molecular flexibility index (Phi) is 9.02. The average molecular weight is 581 g/mol. The Morgan fingerprint density at radius 3 is 1.80 bits per heavy atom. The first-order chi connectivity index (χ1) is 15.9. The molecule has 5 rings (SSSR count). The van der Waals surface area contributed by atoms with E-state index in [4.69, 9.17) is 0 Å². The van der Waals surface area contributed by atoms with E-state index in [2.05, 4.69) is 126 Å². The van der Waals surface area contributed by atoms with Crippen molar-refractivity contribution >= 4 is 3.21 Å². The average Bonchev–Trinajstić information content (AvgIpc) is 3.40. The van der Waals surface area contributed by atoms with Crippen molar-refractivity contribution in [3.05, 3.63) is 117 Å². The third-order valence-corrected chi connectivity index (χ3v) is 15.9. The maximum absolute atomic E-state index is 2.64. The molecule has 0 fully saturated rings. The molecular formula is C32H34Cl2Zr. The summed E-state index contributed by atoms with van der Waals surface area (Å²) in [6, 6.07) is 29.6. The van der Waals surface area contributed by atoms with Crippen LogP contribution in [0.3, 0.4) is 0 Å². The quantitative estimate of drug-likeness (QED) is 0.445. The molecule has 0 saturated heterocycles. The zero-order valence-electron chi connectivity index (χ0n) is 21.3. The van der Waals surface area contributed by atoms with Crippen LogP contribution in [0.2, 0.25) is 0 Å². The van der Waals surface area contributed by atoms with Crippen LogP contribution in [0.5, 0.6) is 0 Å². The third kappa shape index (κ3) is 5.16. The van der Waals surface area contributed by atoms with E-state index < -0.39 is 21.3 Å². The minimum atomic E-state index is -2.39. The van der Waals surface area contributed by atoms with Crippen molar-refractivity contribution in [2.24, 2.45) is 11.3 Å². The first-order valence-corrected chi connectivity index (χ1v) is 16.2. The van der Waals surface area contributed by atoms with E-state index in [0.29, 0.717) is 9.54 Å². The fraction of sp³-hybridized carbons (Fsp3) is 0.281. The van der Waals surface area contributed by atoms with Crippen molar-refractivity contribution in [3.8, 4) is 11.1 Å². The van der Waals surface area contributed by atoms with Gasteiger partial charge in [-0.2, -0.15) is 0 Å². The Balaban J connectivity index is 0.00000171. The van der Waals surface area contributed by atoms with Crippen molar-refractivity contribution in [2.75, 3.05) is 0 Å². The van der Waals surface area contributed by atoms with Crippen LogP contribution in [-0.2, 0) is 21.3 Å². The summed E-state index contributed by atoms with van der Waals surface area (Å²) in [4.78, 5) is 0. The van der Waals surface area contributed by atoms with Gasteiger partial charge in [-0.25, -0.2) is 0 Å². The standard InChI is InChI=1S/C13H9.C11H17.C8H8.2ClH.Zr/c1-3-7-12-10(5-1)9-11-6-2-4-8-13(11)12;1-5-9-6-7-10(8-9)11(2,3)4;1-2-8-6-4-3-5-7-8;;;/h1-9H;7-9H,5H2,1-4H3;3-7H,1H3;2*1H;/q;;;;;+2/p-2. The summed E-state index contributed by atoms with van der Waals surface area (Å²) in [5.74, 6) is 0.576. The summed E-state index contributed by atoms with van der Waals surface area (Å²) in [5.41, 5.74) is 9.18. The smallest absolute Gasteiger partial charge is 1.00 e. The summed E-state index contributed by atoms with van der Waals surface area (Å²) in [6.07, 6.45) is 6.42. The normalized spacial score (nSPS) is 16.8. The van der Waals surface area contributed by atoms with Gasteiger partial charge in [0.1, 0.15) is 0 Å². The fourth-order valence-electron chi connectivity index (χ4n) is 5.62. The summed E-state index contributed by atoms with van der Waals surface area (Å²) < 4.78 is 3.98. The molecule has 3 heteroatoms. The van der Waals surface area contributed by atoms with Gasteiger partial charge >= 0.3 is 208 Å². The molecule has 3 aromatic rings. The number of benzene rings is 3. The second kappa shape index (κ2) is 11.2. The summed E-state index contributed by atoms with van der Waals surface area (Å²) >= 11 is -2.39. The van der Waals surface area contributed by atoms with Gasteiger partial charge in [0.05, 0.1) is 0 Å². The Morgan fingerprint density at radius 1 is 0.771 bits per heavy atom. The maximum Gasteiger partial charge on any atom is -1.00 e. The van der Waals surface area contributed by atoms with Gasteiger partial charge in [-0.15, -0.1) is 0 Å². The minimum absolute atomic E-state index is 0. The van der Waals surface area contributed by atoms with Gasteiger partial charge in [0.2, 0.25) is 0 Å². The van der Waals surface area contributed by atoms with E-state index in [-0.39, 0.29) is 30.2 Å². The molecule has 0 heterocycles. The number of hydrogen-bond donors (Lipinski definition) is 0. The van der Waals surface area contributed by atoms with E-state index in [1.807, 2.05) is 0 Å². The van der Waals surface area contributed by atoms with Crippen molar-refractivity contribution in [1.29, 1.82) is 0 Å². The molecule has 180 valence electrons. The van der Waals surface area contributed by atoms with Crippen LogP contribution in [0.25, 0.3) is 11.1 Å². The van der Waals surface area contributed by atoms with Gasteiger partial charge < -0.3 is 24.8 Å². The van der Waals surface area contributed by atoms with E-state index in [0.717, 1.165) is 0 Å². The van der Waals surface area contributed by atoms with Crippen molar-refractivity contribution in [2.45, 2.75) is 44.7 Å². The van der Waals surface area contributed by atoms with Gasteiger partial charge in [-0.05, 0) is 0 Å². The maximum atomic E-state index is 2.64. The number of rotatable bonds is 4. The predicted octanol–water partition coefficient (Wildman–Crippen LogP) is 2.52. The van der Waals surface area contributed by atoms with Gasteiger partial charge in [0.15, 0.2) is 0 Å². The first kappa shape index (κ1) is 28.1. The van der Waals surface area contributed by atoms with Crippen LogP contribution in [0.15, 0.2) is 99.9 Å². The molecule has 0 aliphatic heterocycles. The van der Waals surface area contributed by atoms with E-state index in [9.17, 15) is 0 Å². The van der Waals surface area contributed by atoms with E-state index in [1.54, 1.807) is 17.6 Å².